The van der Waals surface area contributed by atoms with Gasteiger partial charge in [-0.05, 0) is 31.3 Å². The molecule has 0 spiro atoms. The van der Waals surface area contributed by atoms with Gasteiger partial charge in [-0.2, -0.15) is 0 Å². The SMILES string of the molecule is COC(=O)c1sccc1NC(=O)CN(C)C1CCCCCC1. The highest BCUT2D eigenvalue weighted by molar-refractivity contribution is 7.12. The fraction of sp³-hybridized carbons (Fsp3) is 0.625. The molecule has 1 N–H and O–H groups in total. The first-order valence-electron chi connectivity index (χ1n) is 7.77. The molecule has 0 bridgehead atoms. The summed E-state index contributed by atoms with van der Waals surface area (Å²) in [6.45, 7) is 0.348. The van der Waals surface area contributed by atoms with Gasteiger partial charge in [-0.3, -0.25) is 9.69 Å². The minimum atomic E-state index is -0.414. The second-order valence-electron chi connectivity index (χ2n) is 5.76. The zero-order chi connectivity index (χ0) is 15.9. The number of carbonyl (C=O) groups excluding carboxylic acids is 2. The van der Waals surface area contributed by atoms with Gasteiger partial charge < -0.3 is 10.1 Å². The summed E-state index contributed by atoms with van der Waals surface area (Å²) in [6, 6.07) is 2.22. The third-order valence-corrected chi connectivity index (χ3v) is 5.05. The van der Waals surface area contributed by atoms with Crippen LogP contribution in [0.4, 0.5) is 5.69 Å². The van der Waals surface area contributed by atoms with Crippen LogP contribution in [0.5, 0.6) is 0 Å². The maximum Gasteiger partial charge on any atom is 0.350 e. The van der Waals surface area contributed by atoms with Gasteiger partial charge >= 0.3 is 5.97 Å². The Morgan fingerprint density at radius 1 is 1.32 bits per heavy atom. The number of likely N-dealkylation sites (N-methyl/N-ethyl adjacent to an activating group) is 1. The van der Waals surface area contributed by atoms with E-state index in [-0.39, 0.29) is 5.91 Å². The van der Waals surface area contributed by atoms with Gasteiger partial charge in [0.1, 0.15) is 4.88 Å². The normalized spacial score (nSPS) is 16.3. The Hall–Kier alpha value is -1.40. The molecule has 0 saturated heterocycles. The van der Waals surface area contributed by atoms with E-state index in [1.807, 2.05) is 7.05 Å². The lowest BCUT2D eigenvalue weighted by atomic mass is 10.1. The predicted molar refractivity (Wildman–Crippen MR) is 88.4 cm³/mol. The summed E-state index contributed by atoms with van der Waals surface area (Å²) >= 11 is 1.27. The number of nitrogens with zero attached hydrogens (tertiary/aromatic N) is 1. The van der Waals surface area contributed by atoms with Crippen LogP contribution in [0.2, 0.25) is 0 Å². The molecule has 1 fully saturated rings. The van der Waals surface area contributed by atoms with Crippen molar-refractivity contribution in [3.8, 4) is 0 Å². The van der Waals surface area contributed by atoms with Crippen molar-refractivity contribution < 1.29 is 14.3 Å². The Balaban J connectivity index is 1.89. The van der Waals surface area contributed by atoms with E-state index in [1.54, 1.807) is 11.4 Å². The van der Waals surface area contributed by atoms with Crippen molar-refractivity contribution in [1.29, 1.82) is 0 Å². The van der Waals surface area contributed by atoms with Gasteiger partial charge in [-0.1, -0.05) is 25.7 Å². The van der Waals surface area contributed by atoms with Crippen LogP contribution in [0.1, 0.15) is 48.2 Å². The molecule has 6 heteroatoms. The highest BCUT2D eigenvalue weighted by Crippen LogP contribution is 2.24. The third-order valence-electron chi connectivity index (χ3n) is 4.15. The second kappa shape index (κ2) is 8.29. The molecule has 5 nitrogen and oxygen atoms in total. The second-order valence-corrected chi connectivity index (χ2v) is 6.68. The Bertz CT molecular complexity index is 507. The number of anilines is 1. The van der Waals surface area contributed by atoms with E-state index in [4.69, 9.17) is 4.74 Å². The molecule has 1 aromatic rings. The minimum absolute atomic E-state index is 0.0877. The molecule has 2 rings (SSSR count). The first kappa shape index (κ1) is 17.0. The maximum atomic E-state index is 12.2. The molecular weight excluding hydrogens is 300 g/mol. The molecule has 1 aromatic heterocycles. The van der Waals surface area contributed by atoms with Gasteiger partial charge in [-0.25, -0.2) is 4.79 Å². The van der Waals surface area contributed by atoms with E-state index in [2.05, 4.69) is 10.2 Å². The molecule has 1 aliphatic carbocycles. The monoisotopic (exact) mass is 324 g/mol. The number of thiophene rings is 1. The first-order chi connectivity index (χ1) is 10.6. The molecule has 0 aromatic carbocycles. The zero-order valence-electron chi connectivity index (χ0n) is 13.3. The van der Waals surface area contributed by atoms with Gasteiger partial charge in [0.2, 0.25) is 5.91 Å². The Labute approximate surface area is 135 Å². The predicted octanol–water partition coefficient (Wildman–Crippen LogP) is 3.13. The Morgan fingerprint density at radius 3 is 2.64 bits per heavy atom. The molecule has 0 unspecified atom stereocenters. The van der Waals surface area contributed by atoms with Crippen molar-refractivity contribution in [2.45, 2.75) is 44.6 Å². The van der Waals surface area contributed by atoms with Crippen LogP contribution < -0.4 is 5.32 Å². The molecule has 1 saturated carbocycles. The van der Waals surface area contributed by atoms with Crippen LogP contribution in [-0.4, -0.2) is 43.5 Å². The number of rotatable bonds is 5. The highest BCUT2D eigenvalue weighted by Gasteiger charge is 2.20. The number of esters is 1. The Kier molecular flexibility index (Phi) is 6.39. The fourth-order valence-electron chi connectivity index (χ4n) is 2.90. The molecule has 1 aliphatic rings. The Morgan fingerprint density at radius 2 is 2.00 bits per heavy atom. The molecule has 1 amide bonds. The van der Waals surface area contributed by atoms with Crippen molar-refractivity contribution >= 4 is 28.9 Å². The number of nitrogens with one attached hydrogen (secondary N) is 1. The van der Waals surface area contributed by atoms with Gasteiger partial charge in [-0.15, -0.1) is 11.3 Å². The number of hydrogen-bond donors (Lipinski definition) is 1. The average Bonchev–Trinajstić information content (AvgIpc) is 2.78. The van der Waals surface area contributed by atoms with Gasteiger partial charge in [0, 0.05) is 6.04 Å². The van der Waals surface area contributed by atoms with Gasteiger partial charge in [0.15, 0.2) is 0 Å². The largest absolute Gasteiger partial charge is 0.465 e. The summed E-state index contributed by atoms with van der Waals surface area (Å²) in [7, 11) is 3.35. The van der Waals surface area contributed by atoms with Crippen LogP contribution in [0.15, 0.2) is 11.4 Å². The van der Waals surface area contributed by atoms with E-state index in [9.17, 15) is 9.59 Å². The summed E-state index contributed by atoms with van der Waals surface area (Å²) in [6.07, 6.45) is 7.41. The lowest BCUT2D eigenvalue weighted by Crippen LogP contribution is -2.37. The van der Waals surface area contributed by atoms with Crippen molar-refractivity contribution in [3.63, 3.8) is 0 Å². The van der Waals surface area contributed by atoms with Gasteiger partial charge in [0.25, 0.3) is 0 Å². The van der Waals surface area contributed by atoms with E-state index in [0.717, 1.165) is 12.8 Å². The topological polar surface area (TPSA) is 58.6 Å². The zero-order valence-corrected chi connectivity index (χ0v) is 14.1. The number of hydrogen-bond acceptors (Lipinski definition) is 5. The van der Waals surface area contributed by atoms with Crippen LogP contribution in [-0.2, 0) is 9.53 Å². The fourth-order valence-corrected chi connectivity index (χ4v) is 3.67. The molecular formula is C16H24N2O3S. The first-order valence-corrected chi connectivity index (χ1v) is 8.65. The van der Waals surface area contributed by atoms with Crippen LogP contribution in [0.25, 0.3) is 0 Å². The lowest BCUT2D eigenvalue weighted by molar-refractivity contribution is -0.117. The van der Waals surface area contributed by atoms with Crippen LogP contribution >= 0.6 is 11.3 Å². The molecule has 1 heterocycles. The molecule has 122 valence electrons. The van der Waals surface area contributed by atoms with Crippen LogP contribution in [0.3, 0.4) is 0 Å². The summed E-state index contributed by atoms with van der Waals surface area (Å²) in [5, 5.41) is 4.60. The molecule has 0 atom stereocenters. The van der Waals surface area contributed by atoms with E-state index in [1.165, 1.54) is 44.1 Å². The summed E-state index contributed by atoms with van der Waals surface area (Å²) in [5.74, 6) is -0.502. The van der Waals surface area contributed by atoms with Crippen molar-refractivity contribution in [2.75, 3.05) is 26.0 Å². The molecule has 0 aliphatic heterocycles. The van der Waals surface area contributed by atoms with E-state index in [0.29, 0.717) is 23.2 Å². The van der Waals surface area contributed by atoms with E-state index >= 15 is 0 Å². The van der Waals surface area contributed by atoms with Gasteiger partial charge in [0.05, 0.1) is 19.3 Å². The smallest absolute Gasteiger partial charge is 0.350 e. The average molecular weight is 324 g/mol. The highest BCUT2D eigenvalue weighted by atomic mass is 32.1. The third kappa shape index (κ3) is 4.55. The lowest BCUT2D eigenvalue weighted by Gasteiger charge is -2.26. The number of ether oxygens (including phenoxy) is 1. The van der Waals surface area contributed by atoms with Crippen molar-refractivity contribution in [1.82, 2.24) is 4.90 Å². The maximum absolute atomic E-state index is 12.2. The number of carbonyl (C=O) groups is 2. The van der Waals surface area contributed by atoms with E-state index < -0.39 is 5.97 Å². The molecule has 22 heavy (non-hydrogen) atoms. The van der Waals surface area contributed by atoms with Crippen LogP contribution in [0, 0.1) is 0 Å². The standard InChI is InChI=1S/C16H24N2O3S/c1-18(12-7-5-3-4-6-8-12)11-14(19)17-13-9-10-22-15(13)16(20)21-2/h9-10,12H,3-8,11H2,1-2H3,(H,17,19). The summed E-state index contributed by atoms with van der Waals surface area (Å²) < 4.78 is 4.72. The summed E-state index contributed by atoms with van der Waals surface area (Å²) in [4.78, 5) is 26.4. The number of amides is 1. The number of methoxy groups -OCH3 is 1. The quantitative estimate of drug-likeness (QED) is 0.668. The van der Waals surface area contributed by atoms with Crippen molar-refractivity contribution in [2.24, 2.45) is 0 Å². The molecule has 0 radical (unpaired) electrons. The van der Waals surface area contributed by atoms with Crippen molar-refractivity contribution in [3.05, 3.63) is 16.3 Å². The summed E-state index contributed by atoms with van der Waals surface area (Å²) in [5.41, 5.74) is 0.538. The minimum Gasteiger partial charge on any atom is -0.465 e.